The van der Waals surface area contributed by atoms with Crippen molar-refractivity contribution in [2.45, 2.75) is 20.3 Å². The minimum atomic E-state index is -0.00170. The molecule has 0 aliphatic carbocycles. The molecule has 0 radical (unpaired) electrons. The number of aryl methyl sites for hydroxylation is 1. The standard InChI is InChI=1S/C15H20N4O.ClH/c1-11-15(17-14(20)9-10-16-3)12(2)19(18-11)13-7-5-4-6-8-13;/h4-8,16H,9-10H2,1-3H3,(H,17,20);1H. The number of carbonyl (C=O) groups excluding carboxylic acids is 1. The van der Waals surface area contributed by atoms with Gasteiger partial charge in [0, 0.05) is 13.0 Å². The molecule has 2 aromatic rings. The first-order valence-electron chi connectivity index (χ1n) is 6.69. The molecule has 6 heteroatoms. The Morgan fingerprint density at radius 2 is 1.90 bits per heavy atom. The van der Waals surface area contributed by atoms with Gasteiger partial charge in [0.2, 0.25) is 5.91 Å². The smallest absolute Gasteiger partial charge is 0.225 e. The topological polar surface area (TPSA) is 59.0 Å². The van der Waals surface area contributed by atoms with Gasteiger partial charge in [0.15, 0.2) is 0 Å². The van der Waals surface area contributed by atoms with E-state index in [0.717, 1.165) is 22.8 Å². The van der Waals surface area contributed by atoms with E-state index in [9.17, 15) is 4.79 Å². The summed E-state index contributed by atoms with van der Waals surface area (Å²) in [7, 11) is 1.83. The summed E-state index contributed by atoms with van der Waals surface area (Å²) in [6.45, 7) is 4.53. The quantitative estimate of drug-likeness (QED) is 0.892. The molecule has 0 saturated carbocycles. The summed E-state index contributed by atoms with van der Waals surface area (Å²) in [6, 6.07) is 9.89. The van der Waals surface area contributed by atoms with Gasteiger partial charge in [-0.2, -0.15) is 5.10 Å². The molecule has 1 aromatic heterocycles. The molecule has 21 heavy (non-hydrogen) atoms. The molecule has 1 heterocycles. The van der Waals surface area contributed by atoms with E-state index in [1.165, 1.54) is 0 Å². The van der Waals surface area contributed by atoms with Gasteiger partial charge in [-0.15, -0.1) is 12.4 Å². The Kier molecular flexibility index (Phi) is 6.39. The average Bonchev–Trinajstić information content (AvgIpc) is 2.74. The van der Waals surface area contributed by atoms with E-state index in [2.05, 4.69) is 15.7 Å². The van der Waals surface area contributed by atoms with Crippen LogP contribution in [0.2, 0.25) is 0 Å². The van der Waals surface area contributed by atoms with Crippen LogP contribution in [-0.2, 0) is 4.79 Å². The molecule has 0 atom stereocenters. The fraction of sp³-hybridized carbons (Fsp3) is 0.333. The maximum absolute atomic E-state index is 11.8. The molecular formula is C15H21ClN4O. The molecule has 0 unspecified atom stereocenters. The van der Waals surface area contributed by atoms with E-state index < -0.39 is 0 Å². The van der Waals surface area contributed by atoms with Gasteiger partial charge in [0.05, 0.1) is 22.8 Å². The third-order valence-electron chi connectivity index (χ3n) is 3.16. The second-order valence-corrected chi connectivity index (χ2v) is 4.69. The predicted molar refractivity (Wildman–Crippen MR) is 87.5 cm³/mol. The highest BCUT2D eigenvalue weighted by atomic mass is 35.5. The number of rotatable bonds is 5. The van der Waals surface area contributed by atoms with Gasteiger partial charge in [-0.1, -0.05) is 18.2 Å². The maximum Gasteiger partial charge on any atom is 0.225 e. The lowest BCUT2D eigenvalue weighted by Crippen LogP contribution is -2.19. The molecule has 0 aliphatic heterocycles. The Hall–Kier alpha value is -1.85. The van der Waals surface area contributed by atoms with Crippen LogP contribution in [0.1, 0.15) is 17.8 Å². The summed E-state index contributed by atoms with van der Waals surface area (Å²) < 4.78 is 1.85. The van der Waals surface area contributed by atoms with Gasteiger partial charge in [0.25, 0.3) is 0 Å². The van der Waals surface area contributed by atoms with Crippen LogP contribution in [-0.4, -0.2) is 29.3 Å². The Morgan fingerprint density at radius 3 is 2.52 bits per heavy atom. The highest BCUT2D eigenvalue weighted by Crippen LogP contribution is 2.22. The molecule has 1 aromatic carbocycles. The first-order chi connectivity index (χ1) is 9.63. The SMILES string of the molecule is CNCCC(=O)Nc1c(C)nn(-c2ccccc2)c1C.Cl. The minimum absolute atomic E-state index is 0. The van der Waals surface area contributed by atoms with Crippen LogP contribution < -0.4 is 10.6 Å². The van der Waals surface area contributed by atoms with Gasteiger partial charge < -0.3 is 10.6 Å². The molecule has 2 N–H and O–H groups in total. The first-order valence-corrected chi connectivity index (χ1v) is 6.69. The fourth-order valence-electron chi connectivity index (χ4n) is 2.08. The van der Waals surface area contributed by atoms with Crippen molar-refractivity contribution in [2.24, 2.45) is 0 Å². The van der Waals surface area contributed by atoms with Crippen LogP contribution in [0.4, 0.5) is 5.69 Å². The Morgan fingerprint density at radius 1 is 1.24 bits per heavy atom. The summed E-state index contributed by atoms with van der Waals surface area (Å²) in [5, 5.41) is 10.4. The molecule has 0 bridgehead atoms. The van der Waals surface area contributed by atoms with Crippen molar-refractivity contribution >= 4 is 24.0 Å². The zero-order valence-corrected chi connectivity index (χ0v) is 13.3. The number of amides is 1. The van der Waals surface area contributed by atoms with Crippen LogP contribution in [0.15, 0.2) is 30.3 Å². The summed E-state index contributed by atoms with van der Waals surface area (Å²) >= 11 is 0. The summed E-state index contributed by atoms with van der Waals surface area (Å²) in [4.78, 5) is 11.8. The molecular weight excluding hydrogens is 288 g/mol. The lowest BCUT2D eigenvalue weighted by Gasteiger charge is -2.07. The lowest BCUT2D eigenvalue weighted by atomic mass is 10.2. The van der Waals surface area contributed by atoms with Crippen LogP contribution in [0.25, 0.3) is 5.69 Å². The summed E-state index contributed by atoms with van der Waals surface area (Å²) in [6.07, 6.45) is 0.450. The van der Waals surface area contributed by atoms with E-state index in [4.69, 9.17) is 0 Å². The van der Waals surface area contributed by atoms with Gasteiger partial charge in [0.1, 0.15) is 0 Å². The van der Waals surface area contributed by atoms with Gasteiger partial charge in [-0.05, 0) is 33.0 Å². The number of anilines is 1. The van der Waals surface area contributed by atoms with Crippen molar-refractivity contribution in [1.82, 2.24) is 15.1 Å². The molecule has 0 saturated heterocycles. The zero-order valence-electron chi connectivity index (χ0n) is 12.5. The molecule has 114 valence electrons. The number of hydrogen-bond acceptors (Lipinski definition) is 3. The number of carbonyl (C=O) groups is 1. The Labute approximate surface area is 131 Å². The van der Waals surface area contributed by atoms with Crippen LogP contribution in [0.5, 0.6) is 0 Å². The first kappa shape index (κ1) is 17.2. The van der Waals surface area contributed by atoms with Gasteiger partial charge in [-0.25, -0.2) is 4.68 Å². The predicted octanol–water partition coefficient (Wildman–Crippen LogP) is 2.46. The largest absolute Gasteiger partial charge is 0.323 e. The number of aromatic nitrogens is 2. The van der Waals surface area contributed by atoms with Crippen molar-refractivity contribution in [2.75, 3.05) is 18.9 Å². The molecule has 1 amide bonds. The molecule has 2 rings (SSSR count). The molecule has 0 aliphatic rings. The third kappa shape index (κ3) is 4.06. The number of halogens is 1. The van der Waals surface area contributed by atoms with E-state index >= 15 is 0 Å². The number of nitrogens with one attached hydrogen (secondary N) is 2. The molecule has 0 spiro atoms. The van der Waals surface area contributed by atoms with Crippen LogP contribution in [0, 0.1) is 13.8 Å². The number of hydrogen-bond donors (Lipinski definition) is 2. The fourth-order valence-corrected chi connectivity index (χ4v) is 2.08. The van der Waals surface area contributed by atoms with Crippen molar-refractivity contribution in [3.05, 3.63) is 41.7 Å². The molecule has 5 nitrogen and oxygen atoms in total. The minimum Gasteiger partial charge on any atom is -0.323 e. The Bertz CT molecular complexity index is 595. The van der Waals surface area contributed by atoms with Crippen LogP contribution >= 0.6 is 12.4 Å². The second kappa shape index (κ2) is 7.81. The molecule has 0 fully saturated rings. The zero-order chi connectivity index (χ0) is 14.5. The number of benzene rings is 1. The van der Waals surface area contributed by atoms with Crippen molar-refractivity contribution in [1.29, 1.82) is 0 Å². The van der Waals surface area contributed by atoms with Crippen molar-refractivity contribution in [3.63, 3.8) is 0 Å². The number of nitrogens with zero attached hydrogens (tertiary/aromatic N) is 2. The highest BCUT2D eigenvalue weighted by molar-refractivity contribution is 5.92. The van der Waals surface area contributed by atoms with E-state index in [1.807, 2.05) is 55.9 Å². The van der Waals surface area contributed by atoms with Crippen molar-refractivity contribution < 1.29 is 4.79 Å². The monoisotopic (exact) mass is 308 g/mol. The second-order valence-electron chi connectivity index (χ2n) is 4.69. The average molecular weight is 309 g/mol. The van der Waals surface area contributed by atoms with Gasteiger partial charge in [-0.3, -0.25) is 4.79 Å². The highest BCUT2D eigenvalue weighted by Gasteiger charge is 2.14. The normalized spacial score (nSPS) is 10.0. The maximum atomic E-state index is 11.8. The third-order valence-corrected chi connectivity index (χ3v) is 3.16. The van der Waals surface area contributed by atoms with Gasteiger partial charge >= 0.3 is 0 Å². The Balaban J connectivity index is 0.00000220. The van der Waals surface area contributed by atoms with Crippen molar-refractivity contribution in [3.8, 4) is 5.69 Å². The van der Waals surface area contributed by atoms with E-state index in [1.54, 1.807) is 0 Å². The van der Waals surface area contributed by atoms with E-state index in [-0.39, 0.29) is 18.3 Å². The van der Waals surface area contributed by atoms with E-state index in [0.29, 0.717) is 13.0 Å². The summed E-state index contributed by atoms with van der Waals surface area (Å²) in [5.74, 6) is -0.00170. The lowest BCUT2D eigenvalue weighted by molar-refractivity contribution is -0.116. The number of para-hydroxylation sites is 1. The van der Waals surface area contributed by atoms with Crippen LogP contribution in [0.3, 0.4) is 0 Å². The summed E-state index contributed by atoms with van der Waals surface area (Å²) in [5.41, 5.74) is 3.55.